The van der Waals surface area contributed by atoms with E-state index in [1.54, 1.807) is 12.3 Å². The van der Waals surface area contributed by atoms with Gasteiger partial charge in [-0.1, -0.05) is 25.9 Å². The molecule has 0 aliphatic heterocycles. The van der Waals surface area contributed by atoms with Gasteiger partial charge in [-0.2, -0.15) is 0 Å². The zero-order valence-corrected chi connectivity index (χ0v) is 8.53. The average molecular weight is 191 g/mol. The van der Waals surface area contributed by atoms with Crippen LogP contribution in [0.25, 0.3) is 11.1 Å². The SMILES string of the molecule is CC(C)(C)c1noc2nccc(N)c12. The Kier molecular flexibility index (Phi) is 1.74. The summed E-state index contributed by atoms with van der Waals surface area (Å²) in [7, 11) is 0. The van der Waals surface area contributed by atoms with Gasteiger partial charge >= 0.3 is 0 Å². The molecule has 74 valence electrons. The molecule has 14 heavy (non-hydrogen) atoms. The minimum Gasteiger partial charge on any atom is -0.398 e. The Balaban J connectivity index is 2.80. The molecular weight excluding hydrogens is 178 g/mol. The fourth-order valence-electron chi connectivity index (χ4n) is 1.41. The first kappa shape index (κ1) is 8.99. The van der Waals surface area contributed by atoms with Crippen LogP contribution in [0.3, 0.4) is 0 Å². The topological polar surface area (TPSA) is 64.9 Å². The van der Waals surface area contributed by atoms with Crippen LogP contribution < -0.4 is 5.73 Å². The number of anilines is 1. The number of nitrogens with two attached hydrogens (primary N) is 1. The van der Waals surface area contributed by atoms with Crippen LogP contribution >= 0.6 is 0 Å². The highest BCUT2D eigenvalue weighted by atomic mass is 16.5. The lowest BCUT2D eigenvalue weighted by molar-refractivity contribution is 0.414. The molecule has 0 radical (unpaired) electrons. The van der Waals surface area contributed by atoms with Crippen LogP contribution in [-0.4, -0.2) is 10.1 Å². The second kappa shape index (κ2) is 2.70. The first-order chi connectivity index (χ1) is 6.50. The molecule has 2 aromatic rings. The van der Waals surface area contributed by atoms with Gasteiger partial charge in [-0.3, -0.25) is 0 Å². The Labute approximate surface area is 82.1 Å². The molecule has 0 saturated carbocycles. The molecule has 0 aromatic carbocycles. The number of aromatic nitrogens is 2. The molecule has 0 unspecified atom stereocenters. The maximum atomic E-state index is 5.86. The van der Waals surface area contributed by atoms with E-state index in [9.17, 15) is 0 Å². The van der Waals surface area contributed by atoms with Crippen LogP contribution in [0.15, 0.2) is 16.8 Å². The number of nitrogen functional groups attached to an aromatic ring is 1. The average Bonchev–Trinajstić information content (AvgIpc) is 2.47. The van der Waals surface area contributed by atoms with Gasteiger partial charge in [-0.25, -0.2) is 4.98 Å². The number of pyridine rings is 1. The Bertz CT molecular complexity index is 468. The van der Waals surface area contributed by atoms with Crippen molar-refractivity contribution in [3.05, 3.63) is 18.0 Å². The van der Waals surface area contributed by atoms with Crippen molar-refractivity contribution in [3.8, 4) is 0 Å². The van der Waals surface area contributed by atoms with Crippen LogP contribution in [0.5, 0.6) is 0 Å². The highest BCUT2D eigenvalue weighted by Crippen LogP contribution is 2.31. The van der Waals surface area contributed by atoms with Crippen molar-refractivity contribution >= 4 is 16.8 Å². The summed E-state index contributed by atoms with van der Waals surface area (Å²) >= 11 is 0. The van der Waals surface area contributed by atoms with Gasteiger partial charge in [-0.15, -0.1) is 0 Å². The fourth-order valence-corrected chi connectivity index (χ4v) is 1.41. The highest BCUT2D eigenvalue weighted by Gasteiger charge is 2.23. The van der Waals surface area contributed by atoms with Gasteiger partial charge in [0.15, 0.2) is 0 Å². The minimum absolute atomic E-state index is 0.0809. The van der Waals surface area contributed by atoms with E-state index in [0.717, 1.165) is 11.1 Å². The monoisotopic (exact) mass is 191 g/mol. The summed E-state index contributed by atoms with van der Waals surface area (Å²) in [4.78, 5) is 4.07. The molecule has 0 aliphatic rings. The molecule has 2 heterocycles. The molecule has 0 aliphatic carbocycles. The molecule has 2 rings (SSSR count). The number of hydrogen-bond acceptors (Lipinski definition) is 4. The lowest BCUT2D eigenvalue weighted by atomic mass is 9.90. The summed E-state index contributed by atoms with van der Waals surface area (Å²) in [5.41, 5.74) is 7.81. The highest BCUT2D eigenvalue weighted by molar-refractivity contribution is 5.89. The van der Waals surface area contributed by atoms with Crippen molar-refractivity contribution in [1.29, 1.82) is 0 Å². The molecule has 0 saturated heterocycles. The second-order valence-electron chi connectivity index (χ2n) is 4.36. The van der Waals surface area contributed by atoms with Crippen LogP contribution in [0, 0.1) is 0 Å². The predicted molar refractivity (Wildman–Crippen MR) is 54.9 cm³/mol. The lowest BCUT2D eigenvalue weighted by Gasteiger charge is -2.14. The second-order valence-corrected chi connectivity index (χ2v) is 4.36. The normalized spacial score (nSPS) is 12.2. The number of rotatable bonds is 0. The van der Waals surface area contributed by atoms with Crippen LogP contribution in [-0.2, 0) is 5.41 Å². The Morgan fingerprint density at radius 3 is 2.71 bits per heavy atom. The predicted octanol–water partition coefficient (Wildman–Crippen LogP) is 2.10. The van der Waals surface area contributed by atoms with E-state index in [2.05, 4.69) is 30.9 Å². The van der Waals surface area contributed by atoms with Gasteiger partial charge in [0.25, 0.3) is 5.71 Å². The fraction of sp³-hybridized carbons (Fsp3) is 0.400. The quantitative estimate of drug-likeness (QED) is 0.692. The van der Waals surface area contributed by atoms with E-state index in [1.165, 1.54) is 0 Å². The molecule has 2 N–H and O–H groups in total. The van der Waals surface area contributed by atoms with Crippen molar-refractivity contribution < 1.29 is 4.52 Å². The van der Waals surface area contributed by atoms with Crippen molar-refractivity contribution in [2.75, 3.05) is 5.73 Å². The molecule has 4 nitrogen and oxygen atoms in total. The molecule has 0 fully saturated rings. The molecule has 0 bridgehead atoms. The van der Waals surface area contributed by atoms with Gasteiger partial charge in [0.05, 0.1) is 5.39 Å². The van der Waals surface area contributed by atoms with Gasteiger partial charge in [0.1, 0.15) is 5.69 Å². The van der Waals surface area contributed by atoms with Crippen LogP contribution in [0.2, 0.25) is 0 Å². The van der Waals surface area contributed by atoms with Gasteiger partial charge < -0.3 is 10.3 Å². The van der Waals surface area contributed by atoms with E-state index in [-0.39, 0.29) is 5.41 Å². The summed E-state index contributed by atoms with van der Waals surface area (Å²) in [6.45, 7) is 6.20. The largest absolute Gasteiger partial charge is 0.398 e. The van der Waals surface area contributed by atoms with Crippen LogP contribution in [0.1, 0.15) is 26.5 Å². The zero-order chi connectivity index (χ0) is 10.3. The van der Waals surface area contributed by atoms with E-state index in [0.29, 0.717) is 11.4 Å². The summed E-state index contributed by atoms with van der Waals surface area (Å²) < 4.78 is 5.12. The Hall–Kier alpha value is -1.58. The van der Waals surface area contributed by atoms with E-state index >= 15 is 0 Å². The van der Waals surface area contributed by atoms with Crippen molar-refractivity contribution in [3.63, 3.8) is 0 Å². The van der Waals surface area contributed by atoms with Crippen molar-refractivity contribution in [2.24, 2.45) is 0 Å². The van der Waals surface area contributed by atoms with Crippen molar-refractivity contribution in [1.82, 2.24) is 10.1 Å². The minimum atomic E-state index is -0.0809. The third-order valence-electron chi connectivity index (χ3n) is 2.12. The van der Waals surface area contributed by atoms with Crippen LogP contribution in [0.4, 0.5) is 5.69 Å². The molecular formula is C10H13N3O. The first-order valence-electron chi connectivity index (χ1n) is 4.50. The van der Waals surface area contributed by atoms with E-state index < -0.39 is 0 Å². The lowest BCUT2D eigenvalue weighted by Crippen LogP contribution is -2.12. The first-order valence-corrected chi connectivity index (χ1v) is 4.50. The van der Waals surface area contributed by atoms with Crippen molar-refractivity contribution in [2.45, 2.75) is 26.2 Å². The Morgan fingerprint density at radius 2 is 2.07 bits per heavy atom. The summed E-state index contributed by atoms with van der Waals surface area (Å²) in [6, 6.07) is 1.76. The summed E-state index contributed by atoms with van der Waals surface area (Å²) in [5, 5.41) is 4.84. The van der Waals surface area contributed by atoms with Gasteiger partial charge in [0, 0.05) is 17.3 Å². The zero-order valence-electron chi connectivity index (χ0n) is 8.53. The number of hydrogen-bond donors (Lipinski definition) is 1. The number of fused-ring (bicyclic) bond motifs is 1. The van der Waals surface area contributed by atoms with E-state index in [4.69, 9.17) is 10.3 Å². The smallest absolute Gasteiger partial charge is 0.260 e. The van der Waals surface area contributed by atoms with E-state index in [1.807, 2.05) is 0 Å². The Morgan fingerprint density at radius 1 is 1.36 bits per heavy atom. The maximum Gasteiger partial charge on any atom is 0.260 e. The molecule has 0 spiro atoms. The molecule has 0 atom stereocenters. The molecule has 4 heteroatoms. The molecule has 0 amide bonds. The third kappa shape index (κ3) is 1.23. The number of nitrogens with zero attached hydrogens (tertiary/aromatic N) is 2. The maximum absolute atomic E-state index is 5.86. The third-order valence-corrected chi connectivity index (χ3v) is 2.12. The summed E-state index contributed by atoms with van der Waals surface area (Å²) in [5.74, 6) is 0. The standard InChI is InChI=1S/C10H13N3O/c1-10(2,3)8-7-6(11)4-5-12-9(7)14-13-8/h4-5H,1-3H3,(H2,11,12). The van der Waals surface area contributed by atoms with Gasteiger partial charge in [0.2, 0.25) is 0 Å². The van der Waals surface area contributed by atoms with Gasteiger partial charge in [-0.05, 0) is 6.07 Å². The summed E-state index contributed by atoms with van der Waals surface area (Å²) in [6.07, 6.45) is 1.62. The molecule has 2 aromatic heterocycles.